The van der Waals surface area contributed by atoms with Gasteiger partial charge in [0.1, 0.15) is 16.4 Å². The fraction of sp³-hybridized carbons (Fsp3) is 0.200. The molecule has 2 aromatic carbocycles. The highest BCUT2D eigenvalue weighted by atomic mass is 35.5. The van der Waals surface area contributed by atoms with Gasteiger partial charge in [0.25, 0.3) is 10.0 Å². The van der Waals surface area contributed by atoms with E-state index in [0.717, 1.165) is 0 Å². The molecule has 0 heterocycles. The summed E-state index contributed by atoms with van der Waals surface area (Å²) in [6, 6.07) is 7.66. The highest BCUT2D eigenvalue weighted by Crippen LogP contribution is 2.36. The van der Waals surface area contributed by atoms with Gasteiger partial charge in [-0.3, -0.25) is 4.72 Å². The molecular formula is C15H15Cl2NO4S. The summed E-state index contributed by atoms with van der Waals surface area (Å²) in [5, 5.41) is 0.716. The maximum Gasteiger partial charge on any atom is 0.265 e. The van der Waals surface area contributed by atoms with Gasteiger partial charge < -0.3 is 9.47 Å². The zero-order valence-electron chi connectivity index (χ0n) is 12.7. The zero-order valence-corrected chi connectivity index (χ0v) is 15.0. The fourth-order valence-corrected chi connectivity index (χ4v) is 3.66. The summed E-state index contributed by atoms with van der Waals surface area (Å²) in [7, 11) is -1.15. The molecule has 2 aromatic rings. The largest absolute Gasteiger partial charge is 0.495 e. The Morgan fingerprint density at radius 1 is 1.00 bits per heavy atom. The van der Waals surface area contributed by atoms with Crippen molar-refractivity contribution in [2.24, 2.45) is 0 Å². The Labute approximate surface area is 145 Å². The van der Waals surface area contributed by atoms with E-state index in [1.54, 1.807) is 25.1 Å². The Hall–Kier alpha value is -1.63. The summed E-state index contributed by atoms with van der Waals surface area (Å²) in [6.45, 7) is 1.72. The molecule has 0 unspecified atom stereocenters. The number of anilines is 1. The van der Waals surface area contributed by atoms with E-state index < -0.39 is 10.0 Å². The number of nitrogens with one attached hydrogen (secondary N) is 1. The van der Waals surface area contributed by atoms with Crippen LogP contribution in [0.2, 0.25) is 10.0 Å². The molecule has 0 radical (unpaired) electrons. The van der Waals surface area contributed by atoms with Gasteiger partial charge in [0.05, 0.1) is 24.9 Å². The molecule has 0 saturated carbocycles. The number of benzene rings is 2. The van der Waals surface area contributed by atoms with Crippen molar-refractivity contribution >= 4 is 38.9 Å². The van der Waals surface area contributed by atoms with Gasteiger partial charge in [0, 0.05) is 17.2 Å². The van der Waals surface area contributed by atoms with E-state index in [1.807, 2.05) is 0 Å². The monoisotopic (exact) mass is 375 g/mol. The summed E-state index contributed by atoms with van der Waals surface area (Å²) in [4.78, 5) is -0.0828. The predicted octanol–water partition coefficient (Wildman–Crippen LogP) is 4.12. The van der Waals surface area contributed by atoms with Crippen molar-refractivity contribution in [3.8, 4) is 11.5 Å². The van der Waals surface area contributed by atoms with Gasteiger partial charge in [0.15, 0.2) is 0 Å². The minimum absolute atomic E-state index is 0.0828. The van der Waals surface area contributed by atoms with Crippen LogP contribution in [0, 0.1) is 6.92 Å². The SMILES string of the molecule is COc1cc(S(=O)(=O)Nc2cccc(Cl)c2C)c(OC)cc1Cl. The molecule has 23 heavy (non-hydrogen) atoms. The Balaban J connectivity index is 2.53. The molecule has 0 amide bonds. The minimum Gasteiger partial charge on any atom is -0.495 e. The average Bonchev–Trinajstić information content (AvgIpc) is 2.51. The first-order valence-corrected chi connectivity index (χ1v) is 8.73. The molecule has 0 spiro atoms. The second kappa shape index (κ2) is 6.86. The molecule has 1 N–H and O–H groups in total. The second-order valence-corrected chi connectivity index (χ2v) is 7.12. The van der Waals surface area contributed by atoms with E-state index in [4.69, 9.17) is 32.7 Å². The first kappa shape index (κ1) is 17.7. The molecule has 0 aliphatic carbocycles. The summed E-state index contributed by atoms with van der Waals surface area (Å²) in [6.07, 6.45) is 0. The number of hydrogen-bond donors (Lipinski definition) is 1. The van der Waals surface area contributed by atoms with Crippen LogP contribution >= 0.6 is 23.2 Å². The lowest BCUT2D eigenvalue weighted by atomic mass is 10.2. The number of rotatable bonds is 5. The Kier molecular flexibility index (Phi) is 5.29. The van der Waals surface area contributed by atoms with Crippen molar-refractivity contribution in [3.05, 3.63) is 45.9 Å². The maximum absolute atomic E-state index is 12.7. The molecule has 0 aliphatic rings. The van der Waals surface area contributed by atoms with Crippen LogP contribution in [0.1, 0.15) is 5.56 Å². The number of ether oxygens (including phenoxy) is 2. The molecule has 0 bridgehead atoms. The predicted molar refractivity (Wildman–Crippen MR) is 91.6 cm³/mol. The van der Waals surface area contributed by atoms with E-state index in [0.29, 0.717) is 16.3 Å². The van der Waals surface area contributed by atoms with Gasteiger partial charge in [-0.1, -0.05) is 29.3 Å². The number of sulfonamides is 1. The van der Waals surface area contributed by atoms with Crippen LogP contribution in [-0.2, 0) is 10.0 Å². The van der Waals surface area contributed by atoms with Crippen molar-refractivity contribution in [2.45, 2.75) is 11.8 Å². The minimum atomic E-state index is -3.92. The van der Waals surface area contributed by atoms with Crippen LogP contribution in [0.3, 0.4) is 0 Å². The molecule has 0 aliphatic heterocycles. The highest BCUT2D eigenvalue weighted by molar-refractivity contribution is 7.92. The van der Waals surface area contributed by atoms with Crippen molar-refractivity contribution in [3.63, 3.8) is 0 Å². The first-order chi connectivity index (χ1) is 10.8. The summed E-state index contributed by atoms with van der Waals surface area (Å²) >= 11 is 12.0. The molecule has 0 saturated heterocycles. The van der Waals surface area contributed by atoms with Crippen molar-refractivity contribution in [1.29, 1.82) is 0 Å². The van der Waals surface area contributed by atoms with E-state index in [2.05, 4.69) is 4.72 Å². The quantitative estimate of drug-likeness (QED) is 0.853. The van der Waals surface area contributed by atoms with Gasteiger partial charge in [-0.2, -0.15) is 0 Å². The third kappa shape index (κ3) is 3.65. The Bertz CT molecular complexity index is 838. The van der Waals surface area contributed by atoms with Crippen LogP contribution in [-0.4, -0.2) is 22.6 Å². The number of methoxy groups -OCH3 is 2. The van der Waals surface area contributed by atoms with E-state index in [-0.39, 0.29) is 21.4 Å². The van der Waals surface area contributed by atoms with Crippen LogP contribution in [0.15, 0.2) is 35.2 Å². The standard InChI is InChI=1S/C15H15Cl2NO4S/c1-9-10(16)5-4-6-12(9)18-23(19,20)15-8-13(21-2)11(17)7-14(15)22-3/h4-8,18H,1-3H3. The topological polar surface area (TPSA) is 64.6 Å². The van der Waals surface area contributed by atoms with Crippen LogP contribution in [0.25, 0.3) is 0 Å². The third-order valence-electron chi connectivity index (χ3n) is 3.24. The number of halogens is 2. The lowest BCUT2D eigenvalue weighted by Crippen LogP contribution is -2.15. The molecule has 8 heteroatoms. The Morgan fingerprint density at radius 2 is 1.65 bits per heavy atom. The van der Waals surface area contributed by atoms with Gasteiger partial charge in [-0.15, -0.1) is 0 Å². The molecular weight excluding hydrogens is 361 g/mol. The van der Waals surface area contributed by atoms with Gasteiger partial charge >= 0.3 is 0 Å². The third-order valence-corrected chi connectivity index (χ3v) is 5.33. The van der Waals surface area contributed by atoms with Gasteiger partial charge in [0.2, 0.25) is 0 Å². The fourth-order valence-electron chi connectivity index (χ4n) is 1.96. The summed E-state index contributed by atoms with van der Waals surface area (Å²) in [5.41, 5.74) is 1.01. The van der Waals surface area contributed by atoms with E-state index in [1.165, 1.54) is 26.4 Å². The molecule has 5 nitrogen and oxygen atoms in total. The summed E-state index contributed by atoms with van der Waals surface area (Å²) < 4.78 is 38.1. The normalized spacial score (nSPS) is 11.2. The number of hydrogen-bond acceptors (Lipinski definition) is 4. The van der Waals surface area contributed by atoms with Crippen LogP contribution < -0.4 is 14.2 Å². The van der Waals surface area contributed by atoms with E-state index in [9.17, 15) is 8.42 Å². The first-order valence-electron chi connectivity index (χ1n) is 6.49. The van der Waals surface area contributed by atoms with E-state index >= 15 is 0 Å². The average molecular weight is 376 g/mol. The smallest absolute Gasteiger partial charge is 0.265 e. The highest BCUT2D eigenvalue weighted by Gasteiger charge is 2.23. The maximum atomic E-state index is 12.7. The van der Waals surface area contributed by atoms with Crippen LogP contribution in [0.5, 0.6) is 11.5 Å². The van der Waals surface area contributed by atoms with Gasteiger partial charge in [-0.25, -0.2) is 8.42 Å². The van der Waals surface area contributed by atoms with Crippen molar-refractivity contribution in [2.75, 3.05) is 18.9 Å². The lowest BCUT2D eigenvalue weighted by Gasteiger charge is -2.15. The van der Waals surface area contributed by atoms with Gasteiger partial charge in [-0.05, 0) is 24.6 Å². The van der Waals surface area contributed by atoms with Crippen molar-refractivity contribution < 1.29 is 17.9 Å². The van der Waals surface area contributed by atoms with Crippen molar-refractivity contribution in [1.82, 2.24) is 0 Å². The molecule has 124 valence electrons. The zero-order chi connectivity index (χ0) is 17.2. The van der Waals surface area contributed by atoms with Crippen LogP contribution in [0.4, 0.5) is 5.69 Å². The molecule has 0 aromatic heterocycles. The second-order valence-electron chi connectivity index (χ2n) is 4.66. The molecule has 2 rings (SSSR count). The lowest BCUT2D eigenvalue weighted by molar-refractivity contribution is 0.392. The summed E-state index contributed by atoms with van der Waals surface area (Å²) in [5.74, 6) is 0.346. The Morgan fingerprint density at radius 3 is 2.26 bits per heavy atom. The molecule has 0 atom stereocenters. The molecule has 0 fully saturated rings.